The molecule has 0 bridgehead atoms. The number of halogens is 2. The number of ketones is 1. The van der Waals surface area contributed by atoms with Crippen LogP contribution in [0.5, 0.6) is 0 Å². The normalized spacial score (nSPS) is 16.0. The minimum atomic E-state index is -0.598. The van der Waals surface area contributed by atoms with Crippen LogP contribution in [0.1, 0.15) is 123 Å². The molecule has 4 aromatic heterocycles. The molecule has 2 aliphatic rings. The van der Waals surface area contributed by atoms with E-state index in [1.54, 1.807) is 25.7 Å². The number of nitrogens with one attached hydrogen (secondary N) is 3. The third-order valence-electron chi connectivity index (χ3n) is 13.9. The van der Waals surface area contributed by atoms with Crippen molar-refractivity contribution in [3.05, 3.63) is 160 Å². The number of amides is 2. The summed E-state index contributed by atoms with van der Waals surface area (Å²) < 4.78 is 15.9. The third-order valence-corrected chi connectivity index (χ3v) is 14.7. The monoisotopic (exact) mass is 1090 g/mol. The Morgan fingerprint density at radius 3 is 1.57 bits per heavy atom. The van der Waals surface area contributed by atoms with E-state index in [2.05, 4.69) is 25.4 Å². The van der Waals surface area contributed by atoms with Gasteiger partial charge in [-0.15, -0.1) is 10.2 Å². The van der Waals surface area contributed by atoms with E-state index in [-0.39, 0.29) is 35.5 Å². The number of ether oxygens (including phenoxy) is 2. The van der Waals surface area contributed by atoms with Gasteiger partial charge in [-0.25, -0.2) is 18.6 Å². The van der Waals surface area contributed by atoms with Crippen molar-refractivity contribution in [3.8, 4) is 0 Å². The van der Waals surface area contributed by atoms with Gasteiger partial charge < -0.3 is 39.5 Å². The second-order valence-electron chi connectivity index (χ2n) is 22.0. The van der Waals surface area contributed by atoms with Crippen molar-refractivity contribution < 1.29 is 23.9 Å². The number of hydrogen-bond acceptors (Lipinski definition) is 11. The Morgan fingerprint density at radius 1 is 0.636 bits per heavy atom. The fourth-order valence-electron chi connectivity index (χ4n) is 9.99. The van der Waals surface area contributed by atoms with Gasteiger partial charge in [0.2, 0.25) is 0 Å². The van der Waals surface area contributed by atoms with Crippen LogP contribution in [0.2, 0.25) is 10.0 Å². The van der Waals surface area contributed by atoms with Gasteiger partial charge in [-0.05, 0) is 118 Å². The summed E-state index contributed by atoms with van der Waals surface area (Å²) >= 11 is 13.1. The zero-order valence-corrected chi connectivity index (χ0v) is 47.2. The van der Waals surface area contributed by atoms with Gasteiger partial charge >= 0.3 is 12.2 Å². The summed E-state index contributed by atoms with van der Waals surface area (Å²) in [5.41, 5.74) is 6.33. The highest BCUT2D eigenvalue weighted by molar-refractivity contribution is 6.31. The molecule has 0 unspecified atom stereocenters. The van der Waals surface area contributed by atoms with Crippen molar-refractivity contribution in [3.63, 3.8) is 0 Å². The van der Waals surface area contributed by atoms with Gasteiger partial charge in [0.05, 0.1) is 17.9 Å². The molecule has 77 heavy (non-hydrogen) atoms. The molecule has 17 nitrogen and oxygen atoms in total. The molecule has 7 aromatic rings. The van der Waals surface area contributed by atoms with Gasteiger partial charge in [-0.3, -0.25) is 14.4 Å². The first-order chi connectivity index (χ1) is 36.5. The number of benzene rings is 3. The van der Waals surface area contributed by atoms with Crippen LogP contribution in [0.25, 0.3) is 11.0 Å². The second kappa shape index (κ2) is 23.2. The lowest BCUT2D eigenvalue weighted by Gasteiger charge is -2.34. The molecule has 0 radical (unpaired) electrons. The van der Waals surface area contributed by atoms with E-state index in [1.165, 1.54) is 0 Å². The SMILES string of the molecule is Cc1[nH]c(=O)c2c(Cc3ccccc3Cl)c(N3CCC[C@@H](NC(=O)OC(C)(C)C)C3)nn2c1C.Cc1c(C)n2nc(N3CCC[C@@H](NC(=O)OC(C)(C)C)C3)c(Cc3ccccc3Cl)c2c(=O)n1CC(=O)c1ccccc1. The van der Waals surface area contributed by atoms with Gasteiger partial charge in [-0.1, -0.05) is 89.9 Å². The van der Waals surface area contributed by atoms with Crippen LogP contribution in [-0.4, -0.2) is 96.2 Å². The maximum atomic E-state index is 14.2. The zero-order chi connectivity index (χ0) is 55.5. The third kappa shape index (κ3) is 13.2. The van der Waals surface area contributed by atoms with E-state index in [1.807, 2.05) is 136 Å². The average Bonchev–Trinajstić information content (AvgIpc) is 3.95. The number of carbonyl (C=O) groups is 3. The van der Waals surface area contributed by atoms with E-state index in [9.17, 15) is 24.0 Å². The van der Waals surface area contributed by atoms with E-state index >= 15 is 0 Å². The van der Waals surface area contributed by atoms with Gasteiger partial charge in [0.15, 0.2) is 17.4 Å². The number of anilines is 2. The first kappa shape index (κ1) is 56.1. The van der Waals surface area contributed by atoms with Crippen molar-refractivity contribution in [2.24, 2.45) is 0 Å². The number of H-pyrrole nitrogens is 1. The van der Waals surface area contributed by atoms with Crippen LogP contribution in [-0.2, 0) is 28.9 Å². The van der Waals surface area contributed by atoms with E-state index in [0.717, 1.165) is 77.4 Å². The first-order valence-corrected chi connectivity index (χ1v) is 27.0. The number of aromatic nitrogens is 6. The molecule has 3 N–H and O–H groups in total. The molecule has 2 amide bonds. The molecule has 2 fully saturated rings. The Kier molecular flexibility index (Phi) is 16.9. The quantitative estimate of drug-likeness (QED) is 0.105. The Balaban J connectivity index is 0.000000209. The summed E-state index contributed by atoms with van der Waals surface area (Å²) in [7, 11) is 0. The zero-order valence-electron chi connectivity index (χ0n) is 45.7. The lowest BCUT2D eigenvalue weighted by molar-refractivity contribution is 0.0488. The average molecular weight is 1090 g/mol. The number of aryl methyl sites for hydroxylation is 3. The number of Topliss-reactive ketones (excluding diaryl/α,β-unsaturated/α-hetero) is 1. The van der Waals surface area contributed by atoms with Gasteiger partial charge in [0.1, 0.15) is 22.2 Å². The molecule has 9 rings (SSSR count). The van der Waals surface area contributed by atoms with Crippen LogP contribution >= 0.6 is 23.2 Å². The summed E-state index contributed by atoms with van der Waals surface area (Å²) in [4.78, 5) is 72.6. The summed E-state index contributed by atoms with van der Waals surface area (Å²) in [6.07, 6.45) is 3.34. The van der Waals surface area contributed by atoms with Crippen LogP contribution in [0, 0.1) is 27.7 Å². The molecule has 2 aliphatic heterocycles. The molecule has 0 aliphatic carbocycles. The number of rotatable bonds is 11. The number of carbonyl (C=O) groups excluding carboxylic acids is 3. The minimum Gasteiger partial charge on any atom is -0.444 e. The largest absolute Gasteiger partial charge is 0.444 e. The lowest BCUT2D eigenvalue weighted by atomic mass is 10.0. The number of nitrogens with zero attached hydrogens (tertiary/aromatic N) is 7. The Morgan fingerprint density at radius 2 is 1.09 bits per heavy atom. The fraction of sp³-hybridized carbons (Fsp3) is 0.431. The standard InChI is InChI=1S/C33H38ClN5O4.C25H32ClN5O3/c1-21-22(2)39-29(31(41)38(21)20-28(40)23-12-7-6-8-13-23)26(18-24-14-9-10-16-27(24)34)30(36-39)37-17-11-15-25(19-37)35-32(42)43-33(3,4)5;1-15-16(2)31-21(23(32)27-15)19(13-17-9-6-7-11-20(17)26)22(29-31)30-12-8-10-18(14-30)28-24(33)34-25(3,4)5/h6-10,12-14,16,25H,11,15,17-20H2,1-5H3,(H,35,42);6-7,9,11,18H,8,10,12-14H2,1-5H3,(H,27,32)(H,28,33)/t25-;18-/m11/s1. The van der Waals surface area contributed by atoms with Crippen LogP contribution < -0.4 is 31.6 Å². The molecule has 0 spiro atoms. The second-order valence-corrected chi connectivity index (χ2v) is 22.9. The predicted molar refractivity (Wildman–Crippen MR) is 303 cm³/mol. The number of hydrogen-bond donors (Lipinski definition) is 3. The maximum absolute atomic E-state index is 14.2. The summed E-state index contributed by atoms with van der Waals surface area (Å²) in [5.74, 6) is 1.27. The number of aromatic amines is 1. The van der Waals surface area contributed by atoms with Crippen molar-refractivity contribution in [1.29, 1.82) is 0 Å². The van der Waals surface area contributed by atoms with Crippen LogP contribution in [0.15, 0.2) is 88.5 Å². The molecule has 0 saturated carbocycles. The summed E-state index contributed by atoms with van der Waals surface area (Å²) in [5, 5.41) is 17.1. The Hall–Kier alpha value is -7.11. The molecule has 2 atom stereocenters. The number of alkyl carbamates (subject to hydrolysis) is 2. The number of fused-ring (bicyclic) bond motifs is 2. The fourth-order valence-corrected chi connectivity index (χ4v) is 10.4. The van der Waals surface area contributed by atoms with Gasteiger partial charge in [0.25, 0.3) is 11.1 Å². The van der Waals surface area contributed by atoms with Crippen molar-refractivity contribution in [1.82, 2.24) is 39.4 Å². The highest BCUT2D eigenvalue weighted by Crippen LogP contribution is 2.33. The highest BCUT2D eigenvalue weighted by atomic mass is 35.5. The molecular weight excluding hydrogens is 1020 g/mol. The molecule has 6 heterocycles. The molecule has 2 saturated heterocycles. The smallest absolute Gasteiger partial charge is 0.407 e. The van der Waals surface area contributed by atoms with E-state index in [0.29, 0.717) is 70.6 Å². The lowest BCUT2D eigenvalue weighted by Crippen LogP contribution is -2.49. The van der Waals surface area contributed by atoms with Gasteiger partial charge in [-0.2, -0.15) is 0 Å². The summed E-state index contributed by atoms with van der Waals surface area (Å²) in [6.45, 7) is 21.1. The van der Waals surface area contributed by atoms with E-state index in [4.69, 9.17) is 42.9 Å². The molecule has 19 heteroatoms. The first-order valence-electron chi connectivity index (χ1n) is 26.2. The topological polar surface area (TPSA) is 190 Å². The Bertz CT molecular complexity index is 3440. The molecule has 3 aromatic carbocycles. The van der Waals surface area contributed by atoms with E-state index < -0.39 is 23.4 Å². The van der Waals surface area contributed by atoms with Gasteiger partial charge in [0, 0.05) is 89.2 Å². The van der Waals surface area contributed by atoms with Crippen LogP contribution in [0.3, 0.4) is 0 Å². The predicted octanol–water partition coefficient (Wildman–Crippen LogP) is 10.1. The highest BCUT2D eigenvalue weighted by Gasteiger charge is 2.32. The van der Waals surface area contributed by atoms with Crippen molar-refractivity contribution in [2.45, 2.75) is 138 Å². The van der Waals surface area contributed by atoms with Crippen molar-refractivity contribution >= 4 is 63.8 Å². The van der Waals surface area contributed by atoms with Crippen LogP contribution in [0.4, 0.5) is 21.2 Å². The number of piperidine rings is 2. The maximum Gasteiger partial charge on any atom is 0.407 e. The minimum absolute atomic E-state index is 0.0797. The molecular formula is C58H70Cl2N10O7. The summed E-state index contributed by atoms with van der Waals surface area (Å²) in [6, 6.07) is 24.0. The van der Waals surface area contributed by atoms with Crippen molar-refractivity contribution in [2.75, 3.05) is 36.0 Å². The molecule has 408 valence electrons. The Labute approximate surface area is 458 Å².